The van der Waals surface area contributed by atoms with Gasteiger partial charge in [-0.2, -0.15) is 0 Å². The van der Waals surface area contributed by atoms with E-state index in [1.165, 1.54) is 0 Å². The highest BCUT2D eigenvalue weighted by atomic mass is 16.5. The van der Waals surface area contributed by atoms with Crippen LogP contribution in [-0.2, 0) is 11.3 Å². The lowest BCUT2D eigenvalue weighted by Crippen LogP contribution is -2.36. The minimum absolute atomic E-state index is 0.00757. The average molecular weight is 338 g/mol. The summed E-state index contributed by atoms with van der Waals surface area (Å²) >= 11 is 0. The maximum atomic E-state index is 12.6. The van der Waals surface area contributed by atoms with Crippen molar-refractivity contribution in [3.8, 4) is 5.75 Å². The van der Waals surface area contributed by atoms with Gasteiger partial charge >= 0.3 is 0 Å². The molecule has 0 fully saturated rings. The summed E-state index contributed by atoms with van der Waals surface area (Å²) in [6.07, 6.45) is 2.05. The fourth-order valence-electron chi connectivity index (χ4n) is 2.83. The standard InChI is InChI=1S/C20H22N2O3/c1-2-3-12-25-18-11-7-4-8-15(18)14-22-17-10-6-5-9-16(17)20(24)21-13-19(22)23/h4-11H,2-3,12-14H2,1H3,(H,21,24). The Bertz CT molecular complexity index is 773. The minimum Gasteiger partial charge on any atom is -0.493 e. The summed E-state index contributed by atoms with van der Waals surface area (Å²) in [5, 5.41) is 2.66. The molecule has 130 valence electrons. The number of fused-ring (bicyclic) bond motifs is 1. The number of carbonyl (C=O) groups excluding carboxylic acids is 2. The Labute approximate surface area is 147 Å². The van der Waals surface area contributed by atoms with Crippen LogP contribution in [-0.4, -0.2) is 25.0 Å². The van der Waals surface area contributed by atoms with Gasteiger partial charge in [-0.05, 0) is 24.6 Å². The fraction of sp³-hybridized carbons (Fsp3) is 0.300. The normalized spacial score (nSPS) is 13.9. The Morgan fingerprint density at radius 2 is 1.84 bits per heavy atom. The van der Waals surface area contributed by atoms with Crippen molar-refractivity contribution in [1.29, 1.82) is 0 Å². The molecule has 5 nitrogen and oxygen atoms in total. The van der Waals surface area contributed by atoms with E-state index in [1.807, 2.05) is 30.3 Å². The highest BCUT2D eigenvalue weighted by Gasteiger charge is 2.26. The lowest BCUT2D eigenvalue weighted by molar-refractivity contribution is -0.117. The second kappa shape index (κ2) is 7.83. The number of unbranched alkanes of at least 4 members (excludes halogenated alkanes) is 1. The molecule has 0 spiro atoms. The van der Waals surface area contributed by atoms with Crippen molar-refractivity contribution in [2.45, 2.75) is 26.3 Å². The number of nitrogens with zero attached hydrogens (tertiary/aromatic N) is 1. The molecule has 0 saturated heterocycles. The molecule has 5 heteroatoms. The largest absolute Gasteiger partial charge is 0.493 e. The van der Waals surface area contributed by atoms with Crippen LogP contribution in [0, 0.1) is 0 Å². The molecule has 0 saturated carbocycles. The SMILES string of the molecule is CCCCOc1ccccc1CN1C(=O)CNC(=O)c2ccccc21. The van der Waals surface area contributed by atoms with Crippen LogP contribution >= 0.6 is 0 Å². The summed E-state index contributed by atoms with van der Waals surface area (Å²) in [4.78, 5) is 26.4. The molecular weight excluding hydrogens is 316 g/mol. The maximum Gasteiger partial charge on any atom is 0.253 e. The topological polar surface area (TPSA) is 58.6 Å². The number of hydrogen-bond donors (Lipinski definition) is 1. The van der Waals surface area contributed by atoms with Gasteiger partial charge in [-0.15, -0.1) is 0 Å². The molecule has 1 N–H and O–H groups in total. The first-order valence-corrected chi connectivity index (χ1v) is 8.59. The summed E-state index contributed by atoms with van der Waals surface area (Å²) < 4.78 is 5.87. The van der Waals surface area contributed by atoms with E-state index >= 15 is 0 Å². The summed E-state index contributed by atoms with van der Waals surface area (Å²) in [6, 6.07) is 14.9. The summed E-state index contributed by atoms with van der Waals surface area (Å²) in [5.41, 5.74) is 2.07. The molecule has 25 heavy (non-hydrogen) atoms. The van der Waals surface area contributed by atoms with Crippen molar-refractivity contribution >= 4 is 17.5 Å². The van der Waals surface area contributed by atoms with Crippen LogP contribution in [0.3, 0.4) is 0 Å². The quantitative estimate of drug-likeness (QED) is 0.823. The second-order valence-corrected chi connectivity index (χ2v) is 5.99. The Hall–Kier alpha value is -2.82. The van der Waals surface area contributed by atoms with Crippen LogP contribution in [0.2, 0.25) is 0 Å². The van der Waals surface area contributed by atoms with Gasteiger partial charge in [0.2, 0.25) is 5.91 Å². The molecule has 1 aliphatic rings. The third-order valence-electron chi connectivity index (χ3n) is 4.20. The number of ether oxygens (including phenoxy) is 1. The monoisotopic (exact) mass is 338 g/mol. The van der Waals surface area contributed by atoms with Crippen molar-refractivity contribution in [2.75, 3.05) is 18.1 Å². The second-order valence-electron chi connectivity index (χ2n) is 5.99. The summed E-state index contributed by atoms with van der Waals surface area (Å²) in [5.74, 6) is 0.422. The van der Waals surface area contributed by atoms with Crippen molar-refractivity contribution < 1.29 is 14.3 Å². The first kappa shape index (κ1) is 17.0. The zero-order chi connectivity index (χ0) is 17.6. The number of benzene rings is 2. The van der Waals surface area contributed by atoms with Gasteiger partial charge in [0.05, 0.1) is 30.9 Å². The number of para-hydroxylation sites is 2. The molecule has 0 aliphatic carbocycles. The first-order chi connectivity index (χ1) is 12.2. The van der Waals surface area contributed by atoms with Gasteiger partial charge in [0.15, 0.2) is 0 Å². The Morgan fingerprint density at radius 3 is 2.68 bits per heavy atom. The lowest BCUT2D eigenvalue weighted by Gasteiger charge is -2.23. The molecule has 2 aromatic carbocycles. The number of hydrogen-bond acceptors (Lipinski definition) is 3. The molecule has 0 unspecified atom stereocenters. The van der Waals surface area contributed by atoms with Crippen molar-refractivity contribution in [2.24, 2.45) is 0 Å². The Balaban J connectivity index is 1.90. The third-order valence-corrected chi connectivity index (χ3v) is 4.20. The van der Waals surface area contributed by atoms with Crippen molar-refractivity contribution in [3.63, 3.8) is 0 Å². The third kappa shape index (κ3) is 3.82. The van der Waals surface area contributed by atoms with E-state index in [1.54, 1.807) is 23.1 Å². The molecule has 0 atom stereocenters. The Morgan fingerprint density at radius 1 is 1.08 bits per heavy atom. The number of anilines is 1. The van der Waals surface area contributed by atoms with Gasteiger partial charge < -0.3 is 15.0 Å². The molecule has 0 bridgehead atoms. The fourth-order valence-corrected chi connectivity index (χ4v) is 2.83. The lowest BCUT2D eigenvalue weighted by atomic mass is 10.1. The van der Waals surface area contributed by atoms with Crippen LogP contribution in [0.5, 0.6) is 5.75 Å². The zero-order valence-corrected chi connectivity index (χ0v) is 14.3. The highest BCUT2D eigenvalue weighted by Crippen LogP contribution is 2.27. The predicted molar refractivity (Wildman–Crippen MR) is 96.8 cm³/mol. The average Bonchev–Trinajstić information content (AvgIpc) is 2.76. The molecule has 0 aromatic heterocycles. The van der Waals surface area contributed by atoms with Gasteiger partial charge in [0.25, 0.3) is 5.91 Å². The van der Waals surface area contributed by atoms with Crippen molar-refractivity contribution in [3.05, 3.63) is 59.7 Å². The van der Waals surface area contributed by atoms with E-state index in [4.69, 9.17) is 4.74 Å². The van der Waals surface area contributed by atoms with Crippen molar-refractivity contribution in [1.82, 2.24) is 5.32 Å². The molecule has 0 radical (unpaired) electrons. The van der Waals surface area contributed by atoms with Gasteiger partial charge in [-0.3, -0.25) is 9.59 Å². The smallest absolute Gasteiger partial charge is 0.253 e. The van der Waals surface area contributed by atoms with E-state index in [2.05, 4.69) is 12.2 Å². The molecule has 1 aliphatic heterocycles. The predicted octanol–water partition coefficient (Wildman–Crippen LogP) is 3.14. The first-order valence-electron chi connectivity index (χ1n) is 8.59. The molecule has 3 rings (SSSR count). The van der Waals surface area contributed by atoms with Crippen LogP contribution in [0.1, 0.15) is 35.7 Å². The molecular formula is C20H22N2O3. The van der Waals surface area contributed by atoms with Crippen LogP contribution in [0.4, 0.5) is 5.69 Å². The van der Waals surface area contributed by atoms with Crippen LogP contribution in [0.25, 0.3) is 0 Å². The summed E-state index contributed by atoms with van der Waals surface area (Å²) in [7, 11) is 0. The van der Waals surface area contributed by atoms with Crippen LogP contribution in [0.15, 0.2) is 48.5 Å². The van der Waals surface area contributed by atoms with Gasteiger partial charge in [0.1, 0.15) is 5.75 Å². The van der Waals surface area contributed by atoms with Gasteiger partial charge in [0, 0.05) is 5.56 Å². The molecule has 2 aromatic rings. The van der Waals surface area contributed by atoms with E-state index in [9.17, 15) is 9.59 Å². The Kier molecular flexibility index (Phi) is 5.33. The molecule has 2 amide bonds. The summed E-state index contributed by atoms with van der Waals surface area (Å²) in [6.45, 7) is 3.13. The van der Waals surface area contributed by atoms with Gasteiger partial charge in [-0.1, -0.05) is 43.7 Å². The van der Waals surface area contributed by atoms with E-state index in [-0.39, 0.29) is 18.4 Å². The van der Waals surface area contributed by atoms with E-state index < -0.39 is 0 Å². The number of amides is 2. The van der Waals surface area contributed by atoms with Crippen LogP contribution < -0.4 is 15.0 Å². The van der Waals surface area contributed by atoms with E-state index in [0.29, 0.717) is 24.4 Å². The molecule has 1 heterocycles. The minimum atomic E-state index is -0.223. The van der Waals surface area contributed by atoms with E-state index in [0.717, 1.165) is 24.2 Å². The number of rotatable bonds is 6. The zero-order valence-electron chi connectivity index (χ0n) is 14.3. The van der Waals surface area contributed by atoms with Gasteiger partial charge in [-0.25, -0.2) is 0 Å². The number of nitrogens with one attached hydrogen (secondary N) is 1. The highest BCUT2D eigenvalue weighted by molar-refractivity contribution is 6.09. The maximum absolute atomic E-state index is 12.6. The number of carbonyl (C=O) groups is 2.